The zero-order chi connectivity index (χ0) is 11.5. The Morgan fingerprint density at radius 3 is 2.59 bits per heavy atom. The molecule has 0 aliphatic carbocycles. The second-order valence-electron chi connectivity index (χ2n) is 4.29. The van der Waals surface area contributed by atoms with E-state index in [1.807, 2.05) is 6.92 Å². The number of Topliss-reactive ketones (excluding diaryl/α,β-unsaturated/α-hetero) is 1. The molecule has 0 N–H and O–H groups in total. The second kappa shape index (κ2) is 6.12. The third kappa shape index (κ3) is 3.27. The van der Waals surface area contributed by atoms with E-state index >= 15 is 0 Å². The molecule has 1 saturated heterocycles. The van der Waals surface area contributed by atoms with E-state index in [2.05, 4.69) is 4.90 Å². The van der Waals surface area contributed by atoms with Gasteiger partial charge in [-0.3, -0.25) is 9.69 Å². The largest absolute Gasteiger partial charge is 0.294 e. The van der Waals surface area contributed by atoms with Gasteiger partial charge in [-0.2, -0.15) is 0 Å². The van der Waals surface area contributed by atoms with Crippen LogP contribution in [0.15, 0.2) is 24.3 Å². The summed E-state index contributed by atoms with van der Waals surface area (Å²) >= 11 is 0. The van der Waals surface area contributed by atoms with E-state index in [1.165, 1.54) is 12.1 Å². The Balaban J connectivity index is 0.00000144. The van der Waals surface area contributed by atoms with Gasteiger partial charge in [0.05, 0.1) is 6.04 Å². The highest BCUT2D eigenvalue weighted by atomic mass is 35.5. The number of hydrogen-bond acceptors (Lipinski definition) is 2. The lowest BCUT2D eigenvalue weighted by Crippen LogP contribution is -2.36. The first-order valence-electron chi connectivity index (χ1n) is 5.72. The lowest BCUT2D eigenvalue weighted by atomic mass is 10.0. The van der Waals surface area contributed by atoms with Gasteiger partial charge in [0.15, 0.2) is 5.78 Å². The van der Waals surface area contributed by atoms with Gasteiger partial charge < -0.3 is 0 Å². The van der Waals surface area contributed by atoms with Crippen molar-refractivity contribution in [3.8, 4) is 0 Å². The van der Waals surface area contributed by atoms with E-state index < -0.39 is 0 Å². The van der Waals surface area contributed by atoms with Crippen LogP contribution in [0.1, 0.15) is 30.1 Å². The molecule has 0 aromatic heterocycles. The first-order valence-corrected chi connectivity index (χ1v) is 5.72. The first kappa shape index (κ1) is 14.1. The molecule has 1 aromatic carbocycles. The smallest absolute Gasteiger partial charge is 0.179 e. The third-order valence-corrected chi connectivity index (χ3v) is 3.18. The minimum atomic E-state index is -0.348. The van der Waals surface area contributed by atoms with Gasteiger partial charge in [-0.15, -0.1) is 12.4 Å². The number of carbonyl (C=O) groups is 1. The van der Waals surface area contributed by atoms with Gasteiger partial charge >= 0.3 is 0 Å². The van der Waals surface area contributed by atoms with Gasteiger partial charge in [0.2, 0.25) is 0 Å². The molecular weight excluding hydrogens is 241 g/mol. The maximum absolute atomic E-state index is 13.0. The summed E-state index contributed by atoms with van der Waals surface area (Å²) in [6.07, 6.45) is 2.31. The van der Waals surface area contributed by atoms with Crippen LogP contribution in [-0.4, -0.2) is 29.8 Å². The van der Waals surface area contributed by atoms with Gasteiger partial charge in [-0.05, 0) is 45.0 Å². The number of likely N-dealkylation sites (tertiary alicyclic amines) is 1. The number of carbonyl (C=O) groups excluding carboxylic acids is 1. The SMILES string of the molecule is CC(C(=O)c1cccc(F)c1)N1CCCC1.Cl. The van der Waals surface area contributed by atoms with Crippen LogP contribution in [0.2, 0.25) is 0 Å². The molecule has 1 fully saturated rings. The Morgan fingerprint density at radius 2 is 2.00 bits per heavy atom. The molecule has 0 spiro atoms. The Morgan fingerprint density at radius 1 is 1.35 bits per heavy atom. The van der Waals surface area contributed by atoms with Crippen LogP contribution in [0.4, 0.5) is 4.39 Å². The monoisotopic (exact) mass is 257 g/mol. The quantitative estimate of drug-likeness (QED) is 0.776. The minimum absolute atomic E-state index is 0. The Hall–Kier alpha value is -0.930. The van der Waals surface area contributed by atoms with Crippen molar-refractivity contribution in [2.45, 2.75) is 25.8 Å². The van der Waals surface area contributed by atoms with Crippen molar-refractivity contribution in [2.75, 3.05) is 13.1 Å². The van der Waals surface area contributed by atoms with Crippen LogP contribution in [0.5, 0.6) is 0 Å². The van der Waals surface area contributed by atoms with Gasteiger partial charge in [0, 0.05) is 5.56 Å². The van der Waals surface area contributed by atoms with Gasteiger partial charge in [0.25, 0.3) is 0 Å². The number of hydrogen-bond donors (Lipinski definition) is 0. The minimum Gasteiger partial charge on any atom is -0.294 e. The molecule has 1 atom stereocenters. The Kier molecular flexibility index (Phi) is 5.09. The van der Waals surface area contributed by atoms with E-state index in [0.29, 0.717) is 5.56 Å². The molecule has 0 saturated carbocycles. The van der Waals surface area contributed by atoms with Crippen molar-refractivity contribution in [3.05, 3.63) is 35.6 Å². The van der Waals surface area contributed by atoms with Crippen molar-refractivity contribution in [1.82, 2.24) is 4.90 Å². The second-order valence-corrected chi connectivity index (χ2v) is 4.29. The van der Waals surface area contributed by atoms with E-state index in [-0.39, 0.29) is 30.0 Å². The highest BCUT2D eigenvalue weighted by Gasteiger charge is 2.24. The lowest BCUT2D eigenvalue weighted by Gasteiger charge is -2.22. The normalized spacial score (nSPS) is 17.5. The third-order valence-electron chi connectivity index (χ3n) is 3.18. The molecule has 1 aliphatic heterocycles. The van der Waals surface area contributed by atoms with Gasteiger partial charge in [-0.25, -0.2) is 4.39 Å². The van der Waals surface area contributed by atoms with Crippen LogP contribution < -0.4 is 0 Å². The number of rotatable bonds is 3. The van der Waals surface area contributed by atoms with E-state index in [0.717, 1.165) is 25.9 Å². The number of nitrogens with zero attached hydrogens (tertiary/aromatic N) is 1. The highest BCUT2D eigenvalue weighted by molar-refractivity contribution is 5.99. The van der Waals surface area contributed by atoms with E-state index in [9.17, 15) is 9.18 Å². The van der Waals surface area contributed by atoms with Crippen molar-refractivity contribution >= 4 is 18.2 Å². The topological polar surface area (TPSA) is 20.3 Å². The zero-order valence-corrected chi connectivity index (χ0v) is 10.7. The predicted octanol–water partition coefficient (Wildman–Crippen LogP) is 2.91. The molecule has 2 rings (SSSR count). The maximum Gasteiger partial charge on any atom is 0.179 e. The molecule has 1 heterocycles. The van der Waals surface area contributed by atoms with Crippen LogP contribution in [0.3, 0.4) is 0 Å². The summed E-state index contributed by atoms with van der Waals surface area (Å²) in [6.45, 7) is 3.85. The average molecular weight is 258 g/mol. The number of benzene rings is 1. The molecule has 2 nitrogen and oxygen atoms in total. The van der Waals surface area contributed by atoms with Crippen molar-refractivity contribution < 1.29 is 9.18 Å². The van der Waals surface area contributed by atoms with Crippen LogP contribution >= 0.6 is 12.4 Å². The molecular formula is C13H17ClFNO. The summed E-state index contributed by atoms with van der Waals surface area (Å²) in [5.74, 6) is -0.333. The molecule has 1 unspecified atom stereocenters. The van der Waals surface area contributed by atoms with E-state index in [4.69, 9.17) is 0 Å². The average Bonchev–Trinajstić information content (AvgIpc) is 2.80. The van der Waals surface area contributed by atoms with Crippen LogP contribution in [0.25, 0.3) is 0 Å². The summed E-state index contributed by atoms with van der Waals surface area (Å²) < 4.78 is 13.0. The standard InChI is InChI=1S/C13H16FNO.ClH/c1-10(15-7-2-3-8-15)13(16)11-5-4-6-12(14)9-11;/h4-6,9-10H,2-3,7-8H2,1H3;1H. The number of halogens is 2. The molecule has 1 aromatic rings. The molecule has 4 heteroatoms. The Bertz CT molecular complexity index is 391. The summed E-state index contributed by atoms with van der Waals surface area (Å²) in [6, 6.07) is 5.80. The number of ketones is 1. The molecule has 0 bridgehead atoms. The first-order chi connectivity index (χ1) is 7.68. The van der Waals surface area contributed by atoms with Crippen molar-refractivity contribution in [3.63, 3.8) is 0 Å². The summed E-state index contributed by atoms with van der Waals surface area (Å²) in [5, 5.41) is 0. The van der Waals surface area contributed by atoms with Crippen LogP contribution in [0, 0.1) is 5.82 Å². The maximum atomic E-state index is 13.0. The highest BCUT2D eigenvalue weighted by Crippen LogP contribution is 2.15. The molecule has 0 amide bonds. The summed E-state index contributed by atoms with van der Waals surface area (Å²) in [4.78, 5) is 14.2. The zero-order valence-electron chi connectivity index (χ0n) is 9.86. The molecule has 0 radical (unpaired) electrons. The molecule has 94 valence electrons. The molecule has 17 heavy (non-hydrogen) atoms. The van der Waals surface area contributed by atoms with Crippen LogP contribution in [-0.2, 0) is 0 Å². The van der Waals surface area contributed by atoms with Crippen molar-refractivity contribution in [2.24, 2.45) is 0 Å². The lowest BCUT2D eigenvalue weighted by molar-refractivity contribution is 0.0866. The van der Waals surface area contributed by atoms with Crippen molar-refractivity contribution in [1.29, 1.82) is 0 Å². The fourth-order valence-electron chi connectivity index (χ4n) is 2.18. The predicted molar refractivity (Wildman–Crippen MR) is 68.2 cm³/mol. The fraction of sp³-hybridized carbons (Fsp3) is 0.462. The van der Waals surface area contributed by atoms with E-state index in [1.54, 1.807) is 12.1 Å². The summed E-state index contributed by atoms with van der Waals surface area (Å²) in [5.41, 5.74) is 0.472. The fourth-order valence-corrected chi connectivity index (χ4v) is 2.18. The molecule has 1 aliphatic rings. The summed E-state index contributed by atoms with van der Waals surface area (Å²) in [7, 11) is 0. The van der Waals surface area contributed by atoms with Gasteiger partial charge in [-0.1, -0.05) is 12.1 Å². The van der Waals surface area contributed by atoms with Gasteiger partial charge in [0.1, 0.15) is 5.82 Å². The Labute approximate surface area is 107 Å².